The molecule has 2 aromatic rings. The second-order valence-electron chi connectivity index (χ2n) is 4.78. The first-order valence-electron chi connectivity index (χ1n) is 6.77. The van der Waals surface area contributed by atoms with Gasteiger partial charge in [0.15, 0.2) is 0 Å². The van der Waals surface area contributed by atoms with E-state index in [2.05, 4.69) is 5.32 Å². The Bertz CT molecular complexity index is 652. The first-order chi connectivity index (χ1) is 10.6. The Labute approximate surface area is 132 Å². The molecule has 116 valence electrons. The molecule has 0 radical (unpaired) electrons. The average molecular weight is 319 g/mol. The fraction of sp³-hybridized carbons (Fsp3) is 0.250. The number of ether oxygens (including phenoxy) is 1. The SMILES string of the molecule is COCc1cc(NC(=O)CCc2cccs2)cc(C(=O)O)c1. The van der Waals surface area contributed by atoms with Crippen LogP contribution >= 0.6 is 11.3 Å². The van der Waals surface area contributed by atoms with Crippen LogP contribution in [0.15, 0.2) is 35.7 Å². The number of hydrogen-bond acceptors (Lipinski definition) is 4. The molecule has 2 rings (SSSR count). The Morgan fingerprint density at radius 3 is 2.77 bits per heavy atom. The summed E-state index contributed by atoms with van der Waals surface area (Å²) in [6, 6.07) is 8.64. The number of methoxy groups -OCH3 is 1. The summed E-state index contributed by atoms with van der Waals surface area (Å²) in [7, 11) is 1.53. The van der Waals surface area contributed by atoms with Crippen molar-refractivity contribution in [2.75, 3.05) is 12.4 Å². The highest BCUT2D eigenvalue weighted by Gasteiger charge is 2.10. The lowest BCUT2D eigenvalue weighted by Crippen LogP contribution is -2.13. The third-order valence-corrected chi connectivity index (χ3v) is 3.95. The molecule has 6 heteroatoms. The van der Waals surface area contributed by atoms with Gasteiger partial charge in [0.2, 0.25) is 5.91 Å². The topological polar surface area (TPSA) is 75.6 Å². The monoisotopic (exact) mass is 319 g/mol. The van der Waals surface area contributed by atoms with E-state index in [4.69, 9.17) is 9.84 Å². The fourth-order valence-electron chi connectivity index (χ4n) is 2.05. The number of carbonyl (C=O) groups is 2. The first kappa shape index (κ1) is 16.2. The molecule has 2 N–H and O–H groups in total. The molecule has 1 aromatic heterocycles. The predicted octanol–water partition coefficient (Wildman–Crippen LogP) is 3.16. The fourth-order valence-corrected chi connectivity index (χ4v) is 2.76. The van der Waals surface area contributed by atoms with Gasteiger partial charge < -0.3 is 15.2 Å². The number of aryl methyl sites for hydroxylation is 1. The van der Waals surface area contributed by atoms with E-state index in [9.17, 15) is 9.59 Å². The van der Waals surface area contributed by atoms with E-state index in [1.807, 2.05) is 17.5 Å². The Kier molecular flexibility index (Phi) is 5.68. The largest absolute Gasteiger partial charge is 0.478 e. The maximum atomic E-state index is 12.0. The number of hydrogen-bond donors (Lipinski definition) is 2. The third-order valence-electron chi connectivity index (χ3n) is 3.01. The summed E-state index contributed by atoms with van der Waals surface area (Å²) in [5.41, 5.74) is 1.31. The number of carbonyl (C=O) groups excluding carboxylic acids is 1. The van der Waals surface area contributed by atoms with Crippen molar-refractivity contribution in [2.45, 2.75) is 19.4 Å². The van der Waals surface area contributed by atoms with Crippen LogP contribution in [0.25, 0.3) is 0 Å². The molecule has 5 nitrogen and oxygen atoms in total. The lowest BCUT2D eigenvalue weighted by molar-refractivity contribution is -0.116. The van der Waals surface area contributed by atoms with Crippen molar-refractivity contribution < 1.29 is 19.4 Å². The molecule has 0 fully saturated rings. The van der Waals surface area contributed by atoms with Crippen LogP contribution < -0.4 is 5.32 Å². The highest BCUT2D eigenvalue weighted by Crippen LogP contribution is 2.17. The van der Waals surface area contributed by atoms with E-state index >= 15 is 0 Å². The van der Waals surface area contributed by atoms with Crippen LogP contribution in [0.4, 0.5) is 5.69 Å². The minimum absolute atomic E-state index is 0.128. The highest BCUT2D eigenvalue weighted by atomic mass is 32.1. The summed E-state index contributed by atoms with van der Waals surface area (Å²) in [6.45, 7) is 0.291. The van der Waals surface area contributed by atoms with Crippen LogP contribution in [0, 0.1) is 0 Å². The number of nitrogens with one attached hydrogen (secondary N) is 1. The molecule has 0 aliphatic rings. The van der Waals surface area contributed by atoms with Crippen molar-refractivity contribution in [2.24, 2.45) is 0 Å². The van der Waals surface area contributed by atoms with Gasteiger partial charge in [-0.15, -0.1) is 11.3 Å². The van der Waals surface area contributed by atoms with Gasteiger partial charge in [-0.05, 0) is 41.6 Å². The van der Waals surface area contributed by atoms with Crippen LogP contribution in [-0.4, -0.2) is 24.1 Å². The maximum Gasteiger partial charge on any atom is 0.335 e. The second kappa shape index (κ2) is 7.72. The molecular formula is C16H17NO4S. The van der Waals surface area contributed by atoms with Crippen molar-refractivity contribution in [3.05, 3.63) is 51.7 Å². The van der Waals surface area contributed by atoms with Gasteiger partial charge in [-0.3, -0.25) is 4.79 Å². The van der Waals surface area contributed by atoms with Crippen LogP contribution in [0.2, 0.25) is 0 Å². The Hall–Kier alpha value is -2.18. The van der Waals surface area contributed by atoms with Crippen molar-refractivity contribution in [1.29, 1.82) is 0 Å². The van der Waals surface area contributed by atoms with Gasteiger partial charge in [-0.25, -0.2) is 4.79 Å². The highest BCUT2D eigenvalue weighted by molar-refractivity contribution is 7.09. The van der Waals surface area contributed by atoms with Crippen molar-refractivity contribution in [1.82, 2.24) is 0 Å². The van der Waals surface area contributed by atoms with Crippen molar-refractivity contribution in [3.8, 4) is 0 Å². The van der Waals surface area contributed by atoms with E-state index in [0.717, 1.165) is 4.88 Å². The van der Waals surface area contributed by atoms with Crippen LogP contribution in [-0.2, 0) is 22.6 Å². The number of thiophene rings is 1. The summed E-state index contributed by atoms with van der Waals surface area (Å²) in [5.74, 6) is -1.17. The van der Waals surface area contributed by atoms with Crippen LogP contribution in [0.5, 0.6) is 0 Å². The number of benzene rings is 1. The lowest BCUT2D eigenvalue weighted by atomic mass is 10.1. The molecule has 0 aliphatic carbocycles. The average Bonchev–Trinajstić information content (AvgIpc) is 2.98. The van der Waals surface area contributed by atoms with Gasteiger partial charge in [0.05, 0.1) is 12.2 Å². The number of carboxylic acids is 1. The number of anilines is 1. The molecule has 1 aromatic carbocycles. The summed E-state index contributed by atoms with van der Waals surface area (Å²) in [4.78, 5) is 24.2. The standard InChI is InChI=1S/C16H17NO4S/c1-21-10-11-7-12(16(19)20)9-13(8-11)17-15(18)5-4-14-3-2-6-22-14/h2-3,6-9H,4-5,10H2,1H3,(H,17,18)(H,19,20). The van der Waals surface area contributed by atoms with Gasteiger partial charge in [-0.1, -0.05) is 6.07 Å². The summed E-state index contributed by atoms with van der Waals surface area (Å²) in [5, 5.41) is 13.8. The van der Waals surface area contributed by atoms with E-state index < -0.39 is 5.97 Å². The van der Waals surface area contributed by atoms with Crippen LogP contribution in [0.3, 0.4) is 0 Å². The Morgan fingerprint density at radius 1 is 1.32 bits per heavy atom. The van der Waals surface area contributed by atoms with Gasteiger partial charge in [0, 0.05) is 24.1 Å². The summed E-state index contributed by atoms with van der Waals surface area (Å²) < 4.78 is 5.01. The molecule has 0 unspecified atom stereocenters. The van der Waals surface area contributed by atoms with Gasteiger partial charge in [-0.2, -0.15) is 0 Å². The minimum Gasteiger partial charge on any atom is -0.478 e. The van der Waals surface area contributed by atoms with Gasteiger partial charge in [0.1, 0.15) is 0 Å². The quantitative estimate of drug-likeness (QED) is 0.822. The van der Waals surface area contributed by atoms with Crippen LogP contribution in [0.1, 0.15) is 27.2 Å². The Morgan fingerprint density at radius 2 is 2.14 bits per heavy atom. The maximum absolute atomic E-state index is 12.0. The molecule has 0 aliphatic heterocycles. The smallest absolute Gasteiger partial charge is 0.335 e. The third kappa shape index (κ3) is 4.68. The molecule has 0 atom stereocenters. The summed E-state index contributed by atoms with van der Waals surface area (Å²) in [6.07, 6.45) is 1.03. The van der Waals surface area contributed by atoms with Gasteiger partial charge in [0.25, 0.3) is 0 Å². The molecule has 1 amide bonds. The second-order valence-corrected chi connectivity index (χ2v) is 5.82. The van der Waals surface area contributed by atoms with E-state index in [1.165, 1.54) is 19.2 Å². The van der Waals surface area contributed by atoms with Crippen molar-refractivity contribution in [3.63, 3.8) is 0 Å². The summed E-state index contributed by atoms with van der Waals surface area (Å²) >= 11 is 1.61. The van der Waals surface area contributed by atoms with Crippen molar-refractivity contribution >= 4 is 28.9 Å². The van der Waals surface area contributed by atoms with Gasteiger partial charge >= 0.3 is 5.97 Å². The molecule has 1 heterocycles. The zero-order chi connectivity index (χ0) is 15.9. The van der Waals surface area contributed by atoms with E-state index in [-0.39, 0.29) is 11.5 Å². The predicted molar refractivity (Wildman–Crippen MR) is 85.4 cm³/mol. The number of aromatic carboxylic acids is 1. The number of rotatable bonds is 7. The lowest BCUT2D eigenvalue weighted by Gasteiger charge is -2.09. The minimum atomic E-state index is -1.04. The first-order valence-corrected chi connectivity index (χ1v) is 7.65. The van der Waals surface area contributed by atoms with E-state index in [1.54, 1.807) is 17.4 Å². The number of carboxylic acid groups (broad SMARTS) is 1. The van der Waals surface area contributed by atoms with E-state index in [0.29, 0.717) is 30.7 Å². The molecular weight excluding hydrogens is 302 g/mol. The zero-order valence-corrected chi connectivity index (χ0v) is 13.0. The number of amides is 1. The normalized spacial score (nSPS) is 10.4. The Balaban J connectivity index is 2.03. The molecule has 0 saturated heterocycles. The molecule has 22 heavy (non-hydrogen) atoms. The molecule has 0 spiro atoms. The molecule has 0 saturated carbocycles. The zero-order valence-electron chi connectivity index (χ0n) is 12.2. The molecule has 0 bridgehead atoms.